The first kappa shape index (κ1) is 14.5. The van der Waals surface area contributed by atoms with Crippen molar-refractivity contribution in [2.24, 2.45) is 7.05 Å². The highest BCUT2D eigenvalue weighted by Gasteiger charge is 2.10. The average Bonchev–Trinajstić information content (AvgIpc) is 2.76. The van der Waals surface area contributed by atoms with E-state index in [1.807, 2.05) is 26.2 Å². The third-order valence-corrected chi connectivity index (χ3v) is 3.33. The number of halogens is 1. The van der Waals surface area contributed by atoms with E-state index in [-0.39, 0.29) is 5.69 Å². The maximum atomic E-state index is 10.8. The first-order chi connectivity index (χ1) is 9.49. The molecule has 0 saturated heterocycles. The standard InChI is InChI=1S/C13H15BrN4O2/c1-3-12-13(8-17(2)16-12)15-7-9-4-10(14)6-11(5-9)18(19)20/h4-6,8,15H,3,7H2,1-2H3. The van der Waals surface area contributed by atoms with Crippen LogP contribution in [0.2, 0.25) is 0 Å². The molecule has 2 aromatic rings. The second-order valence-corrected chi connectivity index (χ2v) is 5.36. The number of hydrogen-bond donors (Lipinski definition) is 1. The number of aryl methyl sites for hydroxylation is 2. The molecule has 7 heteroatoms. The molecule has 1 N–H and O–H groups in total. The van der Waals surface area contributed by atoms with Crippen molar-refractivity contribution in [2.45, 2.75) is 19.9 Å². The van der Waals surface area contributed by atoms with Gasteiger partial charge in [-0.05, 0) is 18.1 Å². The van der Waals surface area contributed by atoms with Gasteiger partial charge in [-0.2, -0.15) is 5.10 Å². The van der Waals surface area contributed by atoms with E-state index in [0.29, 0.717) is 11.0 Å². The van der Waals surface area contributed by atoms with Crippen LogP contribution in [0.3, 0.4) is 0 Å². The van der Waals surface area contributed by atoms with E-state index in [1.165, 1.54) is 6.07 Å². The number of nitrogens with one attached hydrogen (secondary N) is 1. The smallest absolute Gasteiger partial charge is 0.270 e. The molecule has 0 radical (unpaired) electrons. The second-order valence-electron chi connectivity index (χ2n) is 4.45. The molecule has 0 spiro atoms. The lowest BCUT2D eigenvalue weighted by molar-refractivity contribution is -0.385. The molecule has 0 fully saturated rings. The molecular weight excluding hydrogens is 324 g/mol. The number of nitrogens with zero attached hydrogens (tertiary/aromatic N) is 3. The fraction of sp³-hybridized carbons (Fsp3) is 0.308. The Kier molecular flexibility index (Phi) is 4.39. The van der Waals surface area contributed by atoms with Crippen LogP contribution in [-0.4, -0.2) is 14.7 Å². The zero-order valence-electron chi connectivity index (χ0n) is 11.3. The van der Waals surface area contributed by atoms with Crippen molar-refractivity contribution < 1.29 is 4.92 Å². The first-order valence-electron chi connectivity index (χ1n) is 6.20. The number of nitro groups is 1. The monoisotopic (exact) mass is 338 g/mol. The number of non-ortho nitro benzene ring substituents is 1. The minimum absolute atomic E-state index is 0.0816. The molecule has 106 valence electrons. The lowest BCUT2D eigenvalue weighted by Crippen LogP contribution is -2.01. The predicted molar refractivity (Wildman–Crippen MR) is 80.7 cm³/mol. The maximum absolute atomic E-state index is 10.8. The zero-order chi connectivity index (χ0) is 14.7. The van der Waals surface area contributed by atoms with Gasteiger partial charge in [0.2, 0.25) is 0 Å². The topological polar surface area (TPSA) is 73.0 Å². The summed E-state index contributed by atoms with van der Waals surface area (Å²) in [6.45, 7) is 2.55. The molecule has 0 aliphatic rings. The average molecular weight is 339 g/mol. The highest BCUT2D eigenvalue weighted by atomic mass is 79.9. The molecule has 2 rings (SSSR count). The van der Waals surface area contributed by atoms with Crippen molar-refractivity contribution in [3.05, 3.63) is 50.2 Å². The van der Waals surface area contributed by atoms with E-state index in [1.54, 1.807) is 10.7 Å². The normalized spacial score (nSPS) is 10.6. The molecule has 1 aromatic heterocycles. The summed E-state index contributed by atoms with van der Waals surface area (Å²) in [5.74, 6) is 0. The Bertz CT molecular complexity index is 639. The number of hydrogen-bond acceptors (Lipinski definition) is 4. The van der Waals surface area contributed by atoms with Crippen molar-refractivity contribution in [1.29, 1.82) is 0 Å². The molecule has 6 nitrogen and oxygen atoms in total. The van der Waals surface area contributed by atoms with Crippen LogP contribution >= 0.6 is 15.9 Å². The molecular formula is C13H15BrN4O2. The second kappa shape index (κ2) is 6.04. The third-order valence-electron chi connectivity index (χ3n) is 2.88. The van der Waals surface area contributed by atoms with Gasteiger partial charge in [0, 0.05) is 36.4 Å². The Morgan fingerprint density at radius 3 is 2.85 bits per heavy atom. The summed E-state index contributed by atoms with van der Waals surface area (Å²) in [5, 5.41) is 18.4. The highest BCUT2D eigenvalue weighted by Crippen LogP contribution is 2.22. The van der Waals surface area contributed by atoms with Crippen LogP contribution in [0.1, 0.15) is 18.2 Å². The minimum Gasteiger partial charge on any atom is -0.378 e. The van der Waals surface area contributed by atoms with Crippen molar-refractivity contribution in [2.75, 3.05) is 5.32 Å². The Hall–Kier alpha value is -1.89. The summed E-state index contributed by atoms with van der Waals surface area (Å²) in [6, 6.07) is 4.92. The van der Waals surface area contributed by atoms with Gasteiger partial charge in [-0.15, -0.1) is 0 Å². The fourth-order valence-corrected chi connectivity index (χ4v) is 2.51. The van der Waals surface area contributed by atoms with E-state index >= 15 is 0 Å². The van der Waals surface area contributed by atoms with Crippen LogP contribution in [0.25, 0.3) is 0 Å². The van der Waals surface area contributed by atoms with Crippen molar-refractivity contribution in [3.8, 4) is 0 Å². The van der Waals surface area contributed by atoms with Crippen LogP contribution in [0.5, 0.6) is 0 Å². The van der Waals surface area contributed by atoms with Gasteiger partial charge in [0.05, 0.1) is 16.3 Å². The molecule has 0 saturated carbocycles. The molecule has 0 amide bonds. The molecule has 0 bridgehead atoms. The number of aromatic nitrogens is 2. The Morgan fingerprint density at radius 1 is 1.45 bits per heavy atom. The van der Waals surface area contributed by atoms with E-state index in [2.05, 4.69) is 26.3 Å². The predicted octanol–water partition coefficient (Wildman–Crippen LogP) is 3.27. The van der Waals surface area contributed by atoms with Crippen LogP contribution in [0, 0.1) is 10.1 Å². The van der Waals surface area contributed by atoms with Gasteiger partial charge >= 0.3 is 0 Å². The molecule has 1 heterocycles. The van der Waals surface area contributed by atoms with E-state index in [9.17, 15) is 10.1 Å². The first-order valence-corrected chi connectivity index (χ1v) is 6.99. The van der Waals surface area contributed by atoms with Gasteiger partial charge in [0.1, 0.15) is 0 Å². The van der Waals surface area contributed by atoms with Crippen LogP contribution in [0.15, 0.2) is 28.9 Å². The number of benzene rings is 1. The molecule has 0 aliphatic heterocycles. The Balaban J connectivity index is 2.16. The van der Waals surface area contributed by atoms with Gasteiger partial charge in [-0.1, -0.05) is 22.9 Å². The van der Waals surface area contributed by atoms with E-state index < -0.39 is 4.92 Å². The SMILES string of the molecule is CCc1nn(C)cc1NCc1cc(Br)cc([N+](=O)[O-])c1. The van der Waals surface area contributed by atoms with Gasteiger partial charge in [-0.3, -0.25) is 14.8 Å². The van der Waals surface area contributed by atoms with E-state index in [0.717, 1.165) is 23.4 Å². The lowest BCUT2D eigenvalue weighted by Gasteiger charge is -2.06. The van der Waals surface area contributed by atoms with Gasteiger partial charge in [-0.25, -0.2) is 0 Å². The van der Waals surface area contributed by atoms with Crippen LogP contribution in [-0.2, 0) is 20.0 Å². The fourth-order valence-electron chi connectivity index (χ4n) is 1.98. The summed E-state index contributed by atoms with van der Waals surface area (Å²) in [4.78, 5) is 10.4. The van der Waals surface area contributed by atoms with Gasteiger partial charge in [0.15, 0.2) is 0 Å². The van der Waals surface area contributed by atoms with Crippen LogP contribution < -0.4 is 5.32 Å². The summed E-state index contributed by atoms with van der Waals surface area (Å²) >= 11 is 3.29. The molecule has 0 unspecified atom stereocenters. The molecule has 20 heavy (non-hydrogen) atoms. The number of anilines is 1. The number of rotatable bonds is 5. The zero-order valence-corrected chi connectivity index (χ0v) is 12.8. The van der Waals surface area contributed by atoms with Crippen molar-refractivity contribution in [3.63, 3.8) is 0 Å². The molecule has 0 atom stereocenters. The summed E-state index contributed by atoms with van der Waals surface area (Å²) in [7, 11) is 1.87. The minimum atomic E-state index is -0.393. The Morgan fingerprint density at radius 2 is 2.20 bits per heavy atom. The van der Waals surface area contributed by atoms with Crippen molar-refractivity contribution >= 4 is 27.3 Å². The molecule has 0 aliphatic carbocycles. The number of nitro benzene ring substituents is 1. The maximum Gasteiger partial charge on any atom is 0.270 e. The van der Waals surface area contributed by atoms with E-state index in [4.69, 9.17) is 0 Å². The summed E-state index contributed by atoms with van der Waals surface area (Å²) < 4.78 is 2.45. The largest absolute Gasteiger partial charge is 0.378 e. The summed E-state index contributed by atoms with van der Waals surface area (Å²) in [5.41, 5.74) is 2.87. The third kappa shape index (κ3) is 3.36. The lowest BCUT2D eigenvalue weighted by atomic mass is 10.2. The highest BCUT2D eigenvalue weighted by molar-refractivity contribution is 9.10. The van der Waals surface area contributed by atoms with Crippen LogP contribution in [0.4, 0.5) is 11.4 Å². The summed E-state index contributed by atoms with van der Waals surface area (Å²) in [6.07, 6.45) is 2.74. The molecule has 1 aromatic carbocycles. The quantitative estimate of drug-likeness (QED) is 0.670. The van der Waals surface area contributed by atoms with Gasteiger partial charge in [0.25, 0.3) is 5.69 Å². The Labute approximate surface area is 125 Å². The van der Waals surface area contributed by atoms with Crippen molar-refractivity contribution in [1.82, 2.24) is 9.78 Å². The van der Waals surface area contributed by atoms with Gasteiger partial charge < -0.3 is 5.32 Å².